The van der Waals surface area contributed by atoms with Crippen molar-refractivity contribution in [1.82, 2.24) is 10.6 Å². The zero-order valence-corrected chi connectivity index (χ0v) is 13.9. The highest BCUT2D eigenvalue weighted by atomic mass is 16.2. The van der Waals surface area contributed by atoms with Gasteiger partial charge in [0, 0.05) is 6.54 Å². The van der Waals surface area contributed by atoms with E-state index >= 15 is 0 Å². The number of benzene rings is 1. The fourth-order valence-corrected chi connectivity index (χ4v) is 2.69. The van der Waals surface area contributed by atoms with E-state index in [-0.39, 0.29) is 18.4 Å². The standard InChI is InChI=1S/C19H26N2O2/c1-15-7-9-17(10-8-15)13-18(22)21-14-19(23)20-12-11-16-5-3-2-4-6-16/h5,7-10H,2-4,6,11-14H2,1H3,(H,20,23)(H,21,22). The monoisotopic (exact) mass is 314 g/mol. The number of rotatable bonds is 7. The van der Waals surface area contributed by atoms with Crippen LogP contribution in [0.2, 0.25) is 0 Å². The molecule has 124 valence electrons. The zero-order valence-electron chi connectivity index (χ0n) is 13.9. The van der Waals surface area contributed by atoms with E-state index in [1.54, 1.807) is 0 Å². The van der Waals surface area contributed by atoms with Crippen molar-refractivity contribution in [3.8, 4) is 0 Å². The lowest BCUT2D eigenvalue weighted by atomic mass is 9.97. The zero-order chi connectivity index (χ0) is 16.5. The molecule has 2 rings (SSSR count). The van der Waals surface area contributed by atoms with E-state index in [0.717, 1.165) is 18.4 Å². The summed E-state index contributed by atoms with van der Waals surface area (Å²) in [5.41, 5.74) is 3.57. The third-order valence-corrected chi connectivity index (χ3v) is 4.08. The maximum Gasteiger partial charge on any atom is 0.239 e. The van der Waals surface area contributed by atoms with Crippen molar-refractivity contribution in [3.63, 3.8) is 0 Å². The molecule has 0 aliphatic heterocycles. The second kappa shape index (κ2) is 9.13. The van der Waals surface area contributed by atoms with Crippen LogP contribution in [0.25, 0.3) is 0 Å². The highest BCUT2D eigenvalue weighted by Gasteiger charge is 2.07. The molecular formula is C19H26N2O2. The van der Waals surface area contributed by atoms with Gasteiger partial charge >= 0.3 is 0 Å². The summed E-state index contributed by atoms with van der Waals surface area (Å²) in [7, 11) is 0. The number of allylic oxidation sites excluding steroid dienone is 1. The minimum atomic E-state index is -0.126. The molecule has 0 bridgehead atoms. The van der Waals surface area contributed by atoms with Gasteiger partial charge in [0.2, 0.25) is 11.8 Å². The summed E-state index contributed by atoms with van der Waals surface area (Å²) in [5, 5.41) is 5.53. The Kier molecular flexibility index (Phi) is 6.85. The molecule has 0 atom stereocenters. The number of nitrogens with one attached hydrogen (secondary N) is 2. The van der Waals surface area contributed by atoms with Gasteiger partial charge in [0.25, 0.3) is 0 Å². The first-order valence-corrected chi connectivity index (χ1v) is 8.40. The second-order valence-corrected chi connectivity index (χ2v) is 6.15. The molecule has 0 unspecified atom stereocenters. The lowest BCUT2D eigenvalue weighted by molar-refractivity contribution is -0.125. The Bertz CT molecular complexity index is 561. The molecule has 23 heavy (non-hydrogen) atoms. The Morgan fingerprint density at radius 3 is 2.52 bits per heavy atom. The molecule has 1 aliphatic carbocycles. The van der Waals surface area contributed by atoms with E-state index in [4.69, 9.17) is 0 Å². The van der Waals surface area contributed by atoms with Crippen molar-refractivity contribution in [2.45, 2.75) is 45.4 Å². The van der Waals surface area contributed by atoms with Gasteiger partial charge in [-0.3, -0.25) is 9.59 Å². The largest absolute Gasteiger partial charge is 0.354 e. The first-order valence-electron chi connectivity index (χ1n) is 8.40. The Hall–Kier alpha value is -2.10. The predicted molar refractivity (Wildman–Crippen MR) is 92.1 cm³/mol. The normalized spacial score (nSPS) is 14.0. The summed E-state index contributed by atoms with van der Waals surface area (Å²) in [4.78, 5) is 23.6. The molecule has 1 aliphatic rings. The molecule has 4 heteroatoms. The highest BCUT2D eigenvalue weighted by molar-refractivity contribution is 5.85. The molecule has 2 N–H and O–H groups in total. The van der Waals surface area contributed by atoms with Gasteiger partial charge in [0.15, 0.2) is 0 Å². The number of hydrogen-bond acceptors (Lipinski definition) is 2. The lowest BCUT2D eigenvalue weighted by Gasteiger charge is -2.13. The van der Waals surface area contributed by atoms with Crippen LogP contribution in [0, 0.1) is 6.92 Å². The molecule has 0 saturated heterocycles. The van der Waals surface area contributed by atoms with Crippen molar-refractivity contribution < 1.29 is 9.59 Å². The average molecular weight is 314 g/mol. The van der Waals surface area contributed by atoms with Gasteiger partial charge in [-0.25, -0.2) is 0 Å². The van der Waals surface area contributed by atoms with Crippen LogP contribution in [0.1, 0.15) is 43.2 Å². The summed E-state index contributed by atoms with van der Waals surface area (Å²) in [6.45, 7) is 2.71. The van der Waals surface area contributed by atoms with Gasteiger partial charge in [0.1, 0.15) is 0 Å². The summed E-state index contributed by atoms with van der Waals surface area (Å²) < 4.78 is 0. The maximum atomic E-state index is 11.8. The summed E-state index contributed by atoms with van der Waals surface area (Å²) in [6.07, 6.45) is 8.38. The molecular weight excluding hydrogens is 288 g/mol. The number of amides is 2. The third kappa shape index (κ3) is 6.68. The van der Waals surface area contributed by atoms with Crippen molar-refractivity contribution >= 4 is 11.8 Å². The Balaban J connectivity index is 1.60. The third-order valence-electron chi connectivity index (χ3n) is 4.08. The van der Waals surface area contributed by atoms with Gasteiger partial charge in [-0.1, -0.05) is 41.5 Å². The molecule has 0 fully saturated rings. The molecule has 0 radical (unpaired) electrons. The van der Waals surface area contributed by atoms with Gasteiger partial charge in [0.05, 0.1) is 13.0 Å². The summed E-state index contributed by atoms with van der Waals surface area (Å²) >= 11 is 0. The van der Waals surface area contributed by atoms with Crippen molar-refractivity contribution in [1.29, 1.82) is 0 Å². The van der Waals surface area contributed by atoms with Crippen LogP contribution in [-0.2, 0) is 16.0 Å². The molecule has 0 aromatic heterocycles. The Labute approximate surface area is 138 Å². The molecule has 1 aromatic rings. The number of aryl methyl sites for hydroxylation is 1. The molecule has 2 amide bonds. The first-order chi connectivity index (χ1) is 11.1. The maximum absolute atomic E-state index is 11.8. The predicted octanol–water partition coefficient (Wildman–Crippen LogP) is 2.66. The van der Waals surface area contributed by atoms with Gasteiger partial charge in [-0.2, -0.15) is 0 Å². The molecule has 4 nitrogen and oxygen atoms in total. The number of hydrogen-bond donors (Lipinski definition) is 2. The van der Waals surface area contributed by atoms with E-state index in [1.807, 2.05) is 31.2 Å². The molecule has 0 saturated carbocycles. The SMILES string of the molecule is Cc1ccc(CC(=O)NCC(=O)NCCC2=CCCCC2)cc1. The Morgan fingerprint density at radius 1 is 1.04 bits per heavy atom. The van der Waals surface area contributed by atoms with Gasteiger partial charge in [-0.15, -0.1) is 0 Å². The minimum Gasteiger partial charge on any atom is -0.354 e. The van der Waals surface area contributed by atoms with Crippen LogP contribution in [0.5, 0.6) is 0 Å². The molecule has 0 heterocycles. The topological polar surface area (TPSA) is 58.2 Å². The first kappa shape index (κ1) is 17.3. The van der Waals surface area contributed by atoms with E-state index in [9.17, 15) is 9.59 Å². The summed E-state index contributed by atoms with van der Waals surface area (Å²) in [5.74, 6) is -0.252. The fourth-order valence-electron chi connectivity index (χ4n) is 2.69. The van der Waals surface area contributed by atoms with Crippen LogP contribution in [0.15, 0.2) is 35.9 Å². The quantitative estimate of drug-likeness (QED) is 0.760. The van der Waals surface area contributed by atoms with E-state index < -0.39 is 0 Å². The Morgan fingerprint density at radius 2 is 1.83 bits per heavy atom. The van der Waals surface area contributed by atoms with Gasteiger partial charge < -0.3 is 10.6 Å². The molecule has 1 aromatic carbocycles. The second-order valence-electron chi connectivity index (χ2n) is 6.15. The minimum absolute atomic E-state index is 0.0454. The van der Waals surface area contributed by atoms with E-state index in [1.165, 1.54) is 30.4 Å². The fraction of sp³-hybridized carbons (Fsp3) is 0.474. The van der Waals surface area contributed by atoms with Crippen molar-refractivity contribution in [2.75, 3.05) is 13.1 Å². The lowest BCUT2D eigenvalue weighted by Crippen LogP contribution is -2.38. The van der Waals surface area contributed by atoms with Crippen LogP contribution < -0.4 is 10.6 Å². The van der Waals surface area contributed by atoms with Gasteiger partial charge in [-0.05, 0) is 44.6 Å². The van der Waals surface area contributed by atoms with Crippen LogP contribution >= 0.6 is 0 Å². The van der Waals surface area contributed by atoms with Crippen LogP contribution in [-0.4, -0.2) is 24.9 Å². The van der Waals surface area contributed by atoms with Crippen LogP contribution in [0.4, 0.5) is 0 Å². The van der Waals surface area contributed by atoms with Crippen LogP contribution in [0.3, 0.4) is 0 Å². The number of carbonyl (C=O) groups is 2. The van der Waals surface area contributed by atoms with Crippen molar-refractivity contribution in [3.05, 3.63) is 47.0 Å². The highest BCUT2D eigenvalue weighted by Crippen LogP contribution is 2.19. The summed E-state index contributed by atoms with van der Waals surface area (Å²) in [6, 6.07) is 7.84. The smallest absolute Gasteiger partial charge is 0.239 e. The average Bonchev–Trinajstić information content (AvgIpc) is 2.56. The van der Waals surface area contributed by atoms with E-state index in [0.29, 0.717) is 13.0 Å². The number of carbonyl (C=O) groups excluding carboxylic acids is 2. The van der Waals surface area contributed by atoms with Crippen molar-refractivity contribution in [2.24, 2.45) is 0 Å². The molecule has 0 spiro atoms. The van der Waals surface area contributed by atoms with E-state index in [2.05, 4.69) is 16.7 Å².